The highest BCUT2D eigenvalue weighted by Crippen LogP contribution is 2.61. The van der Waals surface area contributed by atoms with Crippen LogP contribution in [0.2, 0.25) is 5.02 Å². The van der Waals surface area contributed by atoms with Gasteiger partial charge in [0.05, 0.1) is 11.1 Å². The van der Waals surface area contributed by atoms with Gasteiger partial charge in [-0.3, -0.25) is 10.3 Å². The molecule has 0 amide bonds. The molecule has 2 unspecified atom stereocenters. The van der Waals surface area contributed by atoms with Gasteiger partial charge in [0.25, 0.3) is 0 Å². The molecule has 168 valence electrons. The van der Waals surface area contributed by atoms with Gasteiger partial charge in [-0.15, -0.1) is 10.2 Å². The minimum Gasteiger partial charge on any atom is -0.478 e. The van der Waals surface area contributed by atoms with Gasteiger partial charge in [0.2, 0.25) is 0 Å². The summed E-state index contributed by atoms with van der Waals surface area (Å²) in [5.41, 5.74) is -1.21. The number of benzene rings is 1. The zero-order chi connectivity index (χ0) is 22.7. The van der Waals surface area contributed by atoms with Crippen LogP contribution in [0.15, 0.2) is 18.2 Å². The predicted octanol–water partition coefficient (Wildman–Crippen LogP) is 4.06. The van der Waals surface area contributed by atoms with Crippen LogP contribution < -0.4 is 4.74 Å². The van der Waals surface area contributed by atoms with Crippen LogP contribution in [0.1, 0.15) is 51.8 Å². The number of nitrogens with one attached hydrogen (secondary N) is 2. The van der Waals surface area contributed by atoms with Gasteiger partial charge in [0.15, 0.2) is 23.5 Å². The normalized spacial score (nSPS) is 30.7. The van der Waals surface area contributed by atoms with Gasteiger partial charge in [0, 0.05) is 5.41 Å². The fourth-order valence-electron chi connectivity index (χ4n) is 6.52. The van der Waals surface area contributed by atoms with Crippen molar-refractivity contribution in [3.8, 4) is 11.9 Å². The molecule has 2 N–H and O–H groups in total. The van der Waals surface area contributed by atoms with Crippen molar-refractivity contribution in [1.29, 1.82) is 10.7 Å². The Hall–Kier alpha value is -2.73. The number of hydrogen-bond donors (Lipinski definition) is 2. The Bertz CT molecular complexity index is 1070. The van der Waals surface area contributed by atoms with E-state index in [1.54, 1.807) is 13.8 Å². The Morgan fingerprint density at radius 2 is 2.06 bits per heavy atom. The Morgan fingerprint density at radius 1 is 1.34 bits per heavy atom. The Balaban J connectivity index is 1.39. The third-order valence-electron chi connectivity index (χ3n) is 7.52. The summed E-state index contributed by atoms with van der Waals surface area (Å²) in [4.78, 5) is 1.54. The second-order valence-electron chi connectivity index (χ2n) is 9.98. The van der Waals surface area contributed by atoms with E-state index in [1.165, 1.54) is 23.1 Å². The molecule has 8 nitrogen and oxygen atoms in total. The summed E-state index contributed by atoms with van der Waals surface area (Å²) in [6.45, 7) is 3.46. The SMILES string of the molecule is CC(C)(Oc1ccc(F)cc1Cl)C(=N)N(C#N)C1C2CC3CC1CC(c1nn[nH]n1)(C3)C2. The van der Waals surface area contributed by atoms with Crippen LogP contribution in [-0.4, -0.2) is 43.0 Å². The van der Waals surface area contributed by atoms with Gasteiger partial charge in [0.1, 0.15) is 11.6 Å². The number of rotatable bonds is 5. The van der Waals surface area contributed by atoms with Crippen LogP contribution in [-0.2, 0) is 5.41 Å². The lowest BCUT2D eigenvalue weighted by molar-refractivity contribution is -0.0573. The van der Waals surface area contributed by atoms with Gasteiger partial charge in [-0.2, -0.15) is 10.5 Å². The van der Waals surface area contributed by atoms with Gasteiger partial charge in [-0.05, 0) is 81.9 Å². The summed E-state index contributed by atoms with van der Waals surface area (Å²) in [7, 11) is 0. The van der Waals surface area contributed by atoms with Crippen LogP contribution in [0.4, 0.5) is 4.39 Å². The van der Waals surface area contributed by atoms with Crippen LogP contribution in [0, 0.1) is 40.4 Å². The van der Waals surface area contributed by atoms with Crippen molar-refractivity contribution in [2.45, 2.75) is 63.0 Å². The minimum absolute atomic E-state index is 0.0596. The zero-order valence-corrected chi connectivity index (χ0v) is 18.7. The molecular weight excluding hydrogens is 433 g/mol. The molecule has 4 bridgehead atoms. The van der Waals surface area contributed by atoms with Crippen LogP contribution >= 0.6 is 11.6 Å². The van der Waals surface area contributed by atoms with E-state index < -0.39 is 11.4 Å². The molecule has 4 aliphatic rings. The molecule has 4 fully saturated rings. The quantitative estimate of drug-likeness (QED) is 0.303. The standard InChI is InChI=1S/C22H25ClFN7O/c1-21(2,32-17-4-3-15(24)7-16(17)23)19(26)31(11-25)18-13-5-12-6-14(18)10-22(8-12,9-13)20-27-29-30-28-20/h3-4,7,12-14,18,26H,5-6,8-10H2,1-2H3,(H,27,28,29,30). The fourth-order valence-corrected chi connectivity index (χ4v) is 6.72. The molecule has 1 aromatic heterocycles. The lowest BCUT2D eigenvalue weighted by Gasteiger charge is -2.60. The number of nitriles is 1. The summed E-state index contributed by atoms with van der Waals surface area (Å²) in [6, 6.07) is 3.82. The molecular formula is C22H25ClFN7O. The Labute approximate surface area is 190 Å². The van der Waals surface area contributed by atoms with Gasteiger partial charge < -0.3 is 4.74 Å². The molecule has 6 rings (SSSR count). The average Bonchev–Trinajstić information content (AvgIpc) is 3.28. The largest absolute Gasteiger partial charge is 0.478 e. The summed E-state index contributed by atoms with van der Waals surface area (Å²) < 4.78 is 19.4. The Kier molecular flexibility index (Phi) is 4.89. The van der Waals surface area contributed by atoms with Crippen LogP contribution in [0.5, 0.6) is 5.75 Å². The fraction of sp³-hybridized carbons (Fsp3) is 0.591. The average molecular weight is 458 g/mol. The second kappa shape index (κ2) is 7.41. The van der Waals surface area contributed by atoms with Crippen molar-refractivity contribution < 1.29 is 9.13 Å². The van der Waals surface area contributed by atoms with Crippen molar-refractivity contribution >= 4 is 17.4 Å². The van der Waals surface area contributed by atoms with Crippen LogP contribution in [0.25, 0.3) is 0 Å². The van der Waals surface area contributed by atoms with E-state index in [1.807, 2.05) is 0 Å². The molecule has 0 aliphatic heterocycles. The predicted molar refractivity (Wildman–Crippen MR) is 114 cm³/mol. The molecule has 1 aromatic carbocycles. The van der Waals surface area contributed by atoms with E-state index >= 15 is 0 Å². The first kappa shape index (κ1) is 21.1. The minimum atomic E-state index is -1.13. The van der Waals surface area contributed by atoms with Gasteiger partial charge in [-0.25, -0.2) is 4.39 Å². The highest BCUT2D eigenvalue weighted by atomic mass is 35.5. The first-order valence-electron chi connectivity index (χ1n) is 10.9. The van der Waals surface area contributed by atoms with Crippen molar-refractivity contribution in [2.24, 2.45) is 17.8 Å². The summed E-state index contributed by atoms with van der Waals surface area (Å²) >= 11 is 6.13. The van der Waals surface area contributed by atoms with E-state index in [9.17, 15) is 9.65 Å². The number of aromatic nitrogens is 4. The molecule has 32 heavy (non-hydrogen) atoms. The smallest absolute Gasteiger partial charge is 0.185 e. The van der Waals surface area contributed by atoms with E-state index in [-0.39, 0.29) is 39.9 Å². The number of hydrogen-bond acceptors (Lipinski definition) is 6. The van der Waals surface area contributed by atoms with Crippen molar-refractivity contribution in [3.63, 3.8) is 0 Å². The topological polar surface area (TPSA) is 115 Å². The first-order chi connectivity index (χ1) is 15.2. The number of nitrogens with zero attached hydrogens (tertiary/aromatic N) is 5. The molecule has 4 saturated carbocycles. The number of H-pyrrole nitrogens is 1. The van der Waals surface area contributed by atoms with Crippen molar-refractivity contribution in [3.05, 3.63) is 34.9 Å². The lowest BCUT2D eigenvalue weighted by Crippen LogP contribution is -2.63. The zero-order valence-electron chi connectivity index (χ0n) is 18.0. The van der Waals surface area contributed by atoms with Crippen molar-refractivity contribution in [1.82, 2.24) is 25.5 Å². The molecule has 1 heterocycles. The van der Waals surface area contributed by atoms with Gasteiger partial charge in [-0.1, -0.05) is 16.8 Å². The first-order valence-corrected chi connectivity index (χ1v) is 11.3. The highest BCUT2D eigenvalue weighted by Gasteiger charge is 2.59. The highest BCUT2D eigenvalue weighted by molar-refractivity contribution is 6.32. The molecule has 0 saturated heterocycles. The monoisotopic (exact) mass is 457 g/mol. The number of aromatic amines is 1. The number of tetrazole rings is 1. The molecule has 2 atom stereocenters. The maximum Gasteiger partial charge on any atom is 0.185 e. The number of amidine groups is 1. The molecule has 2 aromatic rings. The van der Waals surface area contributed by atoms with Gasteiger partial charge >= 0.3 is 0 Å². The molecule has 10 heteroatoms. The summed E-state index contributed by atoms with van der Waals surface area (Å²) in [5, 5.41) is 34.1. The maximum absolute atomic E-state index is 13.4. The summed E-state index contributed by atoms with van der Waals surface area (Å²) in [5.74, 6) is 1.80. The van der Waals surface area contributed by atoms with E-state index in [2.05, 4.69) is 26.8 Å². The van der Waals surface area contributed by atoms with E-state index in [4.69, 9.17) is 21.7 Å². The second-order valence-corrected chi connectivity index (χ2v) is 10.4. The third kappa shape index (κ3) is 3.32. The number of ether oxygens (including phenoxy) is 1. The van der Waals surface area contributed by atoms with Crippen molar-refractivity contribution in [2.75, 3.05) is 0 Å². The van der Waals surface area contributed by atoms with Crippen LogP contribution in [0.3, 0.4) is 0 Å². The summed E-state index contributed by atoms with van der Waals surface area (Å²) in [6.07, 6.45) is 7.20. The maximum atomic E-state index is 13.4. The molecule has 0 radical (unpaired) electrons. The Morgan fingerprint density at radius 3 is 2.66 bits per heavy atom. The molecule has 0 spiro atoms. The van der Waals surface area contributed by atoms with E-state index in [0.717, 1.165) is 37.9 Å². The van der Waals surface area contributed by atoms with E-state index in [0.29, 0.717) is 5.92 Å². The third-order valence-corrected chi connectivity index (χ3v) is 7.81. The lowest BCUT2D eigenvalue weighted by atomic mass is 9.47. The molecule has 4 aliphatic carbocycles. The number of halogens is 2.